The Balaban J connectivity index is 1.98. The van der Waals surface area contributed by atoms with Crippen molar-refractivity contribution in [3.05, 3.63) is 47.3 Å². The number of benzene rings is 1. The van der Waals surface area contributed by atoms with E-state index in [1.165, 1.54) is 4.68 Å². The summed E-state index contributed by atoms with van der Waals surface area (Å²) < 4.78 is 6.59. The fourth-order valence-electron chi connectivity index (χ4n) is 2.03. The summed E-state index contributed by atoms with van der Waals surface area (Å²) in [7, 11) is 1.64. The predicted octanol–water partition coefficient (Wildman–Crippen LogP) is 2.78. The minimum absolute atomic E-state index is 0.0291. The monoisotopic (exact) mass is 258 g/mol. The van der Waals surface area contributed by atoms with Crippen LogP contribution in [0.5, 0.6) is 5.75 Å². The van der Waals surface area contributed by atoms with E-state index in [4.69, 9.17) is 4.74 Å². The Morgan fingerprint density at radius 2 is 1.95 bits per heavy atom. The molecule has 2 rings (SSSR count). The van der Waals surface area contributed by atoms with Gasteiger partial charge in [-0.2, -0.15) is 5.10 Å². The lowest BCUT2D eigenvalue weighted by Crippen LogP contribution is -2.14. The molecule has 0 spiro atoms. The standard InChI is InChI=1S/C15H18N2O2/c1-11-10-12(2)17(16-11)15(18)9-6-13-4-7-14(19-3)8-5-13/h4-5,7-8,10H,6,9H2,1-3H3. The van der Waals surface area contributed by atoms with E-state index >= 15 is 0 Å². The molecule has 0 radical (unpaired) electrons. The lowest BCUT2D eigenvalue weighted by Gasteiger charge is -2.04. The van der Waals surface area contributed by atoms with E-state index in [1.54, 1.807) is 7.11 Å². The highest BCUT2D eigenvalue weighted by molar-refractivity contribution is 5.78. The van der Waals surface area contributed by atoms with Gasteiger partial charge in [-0.1, -0.05) is 12.1 Å². The molecule has 1 aromatic carbocycles. The third-order valence-corrected chi connectivity index (χ3v) is 3.03. The summed E-state index contributed by atoms with van der Waals surface area (Å²) in [5.41, 5.74) is 2.88. The normalized spacial score (nSPS) is 10.5. The molecule has 0 aliphatic rings. The summed E-state index contributed by atoms with van der Waals surface area (Å²) in [5, 5.41) is 4.20. The van der Waals surface area contributed by atoms with Crippen LogP contribution in [0.1, 0.15) is 28.2 Å². The van der Waals surface area contributed by atoms with Crippen LogP contribution in [0.25, 0.3) is 0 Å². The summed E-state index contributed by atoms with van der Waals surface area (Å²) in [6.07, 6.45) is 1.16. The maximum absolute atomic E-state index is 12.1. The number of aryl methyl sites for hydroxylation is 3. The summed E-state index contributed by atoms with van der Waals surface area (Å²) in [5.74, 6) is 0.857. The van der Waals surface area contributed by atoms with Crippen LogP contribution in [0, 0.1) is 13.8 Å². The molecule has 0 atom stereocenters. The van der Waals surface area contributed by atoms with E-state index in [0.29, 0.717) is 12.8 Å². The molecule has 4 heteroatoms. The van der Waals surface area contributed by atoms with Crippen molar-refractivity contribution in [1.29, 1.82) is 0 Å². The summed E-state index contributed by atoms with van der Waals surface area (Å²) in [6, 6.07) is 9.68. The van der Waals surface area contributed by atoms with Crippen LogP contribution in [-0.4, -0.2) is 22.8 Å². The number of hydrogen-bond acceptors (Lipinski definition) is 3. The largest absolute Gasteiger partial charge is 0.497 e. The highest BCUT2D eigenvalue weighted by Crippen LogP contribution is 2.13. The zero-order chi connectivity index (χ0) is 13.8. The lowest BCUT2D eigenvalue weighted by atomic mass is 10.1. The smallest absolute Gasteiger partial charge is 0.247 e. The quantitative estimate of drug-likeness (QED) is 0.847. The zero-order valence-corrected chi connectivity index (χ0v) is 11.5. The van der Waals surface area contributed by atoms with Crippen molar-refractivity contribution in [2.24, 2.45) is 0 Å². The number of aromatic nitrogens is 2. The number of carbonyl (C=O) groups excluding carboxylic acids is 1. The van der Waals surface area contributed by atoms with Gasteiger partial charge in [0, 0.05) is 12.1 Å². The third kappa shape index (κ3) is 3.22. The van der Waals surface area contributed by atoms with Gasteiger partial charge in [-0.05, 0) is 44.0 Å². The number of nitrogens with zero attached hydrogens (tertiary/aromatic N) is 2. The van der Waals surface area contributed by atoms with Crippen molar-refractivity contribution >= 4 is 5.91 Å². The van der Waals surface area contributed by atoms with Gasteiger partial charge in [0.15, 0.2) is 0 Å². The topological polar surface area (TPSA) is 44.1 Å². The van der Waals surface area contributed by atoms with E-state index < -0.39 is 0 Å². The zero-order valence-electron chi connectivity index (χ0n) is 11.5. The molecule has 0 amide bonds. The molecule has 0 saturated heterocycles. The lowest BCUT2D eigenvalue weighted by molar-refractivity contribution is 0.0884. The average molecular weight is 258 g/mol. The first-order valence-corrected chi connectivity index (χ1v) is 6.29. The molecular weight excluding hydrogens is 240 g/mol. The molecule has 100 valence electrons. The molecule has 0 aliphatic carbocycles. The number of ether oxygens (including phenoxy) is 1. The molecule has 19 heavy (non-hydrogen) atoms. The van der Waals surface area contributed by atoms with Crippen molar-refractivity contribution in [2.45, 2.75) is 26.7 Å². The molecule has 1 heterocycles. The van der Waals surface area contributed by atoms with Gasteiger partial charge in [0.25, 0.3) is 0 Å². The van der Waals surface area contributed by atoms with E-state index in [0.717, 1.165) is 22.7 Å². The highest BCUT2D eigenvalue weighted by Gasteiger charge is 2.10. The van der Waals surface area contributed by atoms with Crippen LogP contribution < -0.4 is 4.74 Å². The first kappa shape index (κ1) is 13.3. The fraction of sp³-hybridized carbons (Fsp3) is 0.333. The Kier molecular flexibility index (Phi) is 4.00. The maximum atomic E-state index is 12.1. The van der Waals surface area contributed by atoms with Crippen LogP contribution in [0.3, 0.4) is 0 Å². The third-order valence-electron chi connectivity index (χ3n) is 3.03. The van der Waals surface area contributed by atoms with Crippen molar-refractivity contribution in [3.8, 4) is 5.75 Å². The fourth-order valence-corrected chi connectivity index (χ4v) is 2.03. The van der Waals surface area contributed by atoms with Crippen LogP contribution in [-0.2, 0) is 6.42 Å². The van der Waals surface area contributed by atoms with E-state index in [1.807, 2.05) is 44.2 Å². The Bertz CT molecular complexity index is 570. The van der Waals surface area contributed by atoms with E-state index in [2.05, 4.69) is 5.10 Å². The molecule has 0 bridgehead atoms. The number of methoxy groups -OCH3 is 1. The maximum Gasteiger partial charge on any atom is 0.247 e. The minimum Gasteiger partial charge on any atom is -0.497 e. The van der Waals surface area contributed by atoms with Crippen molar-refractivity contribution < 1.29 is 9.53 Å². The summed E-state index contributed by atoms with van der Waals surface area (Å²) in [6.45, 7) is 3.78. The van der Waals surface area contributed by atoms with Gasteiger partial charge in [0.05, 0.1) is 12.8 Å². The van der Waals surface area contributed by atoms with Crippen LogP contribution in [0.4, 0.5) is 0 Å². The van der Waals surface area contributed by atoms with E-state index in [-0.39, 0.29) is 5.91 Å². The average Bonchev–Trinajstić information content (AvgIpc) is 2.75. The van der Waals surface area contributed by atoms with Gasteiger partial charge < -0.3 is 4.74 Å². The van der Waals surface area contributed by atoms with Gasteiger partial charge in [0.1, 0.15) is 5.75 Å². The SMILES string of the molecule is COc1ccc(CCC(=O)n2nc(C)cc2C)cc1. The first-order chi connectivity index (χ1) is 9.10. The van der Waals surface area contributed by atoms with Crippen LogP contribution in [0.2, 0.25) is 0 Å². The molecule has 0 aliphatic heterocycles. The Labute approximate surface area is 113 Å². The van der Waals surface area contributed by atoms with E-state index in [9.17, 15) is 4.79 Å². The molecule has 0 fully saturated rings. The van der Waals surface area contributed by atoms with Gasteiger partial charge in [-0.25, -0.2) is 4.68 Å². The number of rotatable bonds is 4. The Morgan fingerprint density at radius 3 is 2.47 bits per heavy atom. The summed E-state index contributed by atoms with van der Waals surface area (Å²) in [4.78, 5) is 12.1. The summed E-state index contributed by atoms with van der Waals surface area (Å²) >= 11 is 0. The van der Waals surface area contributed by atoms with Gasteiger partial charge in [0.2, 0.25) is 5.91 Å². The Hall–Kier alpha value is -2.10. The second kappa shape index (κ2) is 5.69. The first-order valence-electron chi connectivity index (χ1n) is 6.29. The van der Waals surface area contributed by atoms with Gasteiger partial charge in [-0.3, -0.25) is 4.79 Å². The molecule has 0 unspecified atom stereocenters. The van der Waals surface area contributed by atoms with Crippen molar-refractivity contribution in [2.75, 3.05) is 7.11 Å². The highest BCUT2D eigenvalue weighted by atomic mass is 16.5. The molecule has 2 aromatic rings. The molecule has 1 aromatic heterocycles. The van der Waals surface area contributed by atoms with Crippen molar-refractivity contribution in [3.63, 3.8) is 0 Å². The van der Waals surface area contributed by atoms with Gasteiger partial charge >= 0.3 is 0 Å². The van der Waals surface area contributed by atoms with Crippen LogP contribution in [0.15, 0.2) is 30.3 Å². The van der Waals surface area contributed by atoms with Gasteiger partial charge in [-0.15, -0.1) is 0 Å². The molecular formula is C15H18N2O2. The second-order valence-corrected chi connectivity index (χ2v) is 4.58. The van der Waals surface area contributed by atoms with Crippen molar-refractivity contribution in [1.82, 2.24) is 9.78 Å². The Morgan fingerprint density at radius 1 is 1.26 bits per heavy atom. The minimum atomic E-state index is 0.0291. The predicted molar refractivity (Wildman–Crippen MR) is 73.6 cm³/mol. The molecule has 0 N–H and O–H groups in total. The number of hydrogen-bond donors (Lipinski definition) is 0. The van der Waals surface area contributed by atoms with Crippen LogP contribution >= 0.6 is 0 Å². The second-order valence-electron chi connectivity index (χ2n) is 4.58. The number of carbonyl (C=O) groups is 1. The molecule has 4 nitrogen and oxygen atoms in total. The molecule has 0 saturated carbocycles.